The Kier molecular flexibility index (Phi) is 5.70. The first-order valence-corrected chi connectivity index (χ1v) is 11.0. The number of hydrogen-bond acceptors (Lipinski definition) is 4. The number of carbonyl (C=O) groups is 1. The number of rotatable bonds is 7. The largest absolute Gasteiger partial charge is 0.506 e. The van der Waals surface area contributed by atoms with E-state index in [1.165, 1.54) is 22.5 Å². The number of benzene rings is 2. The molecule has 28 heavy (non-hydrogen) atoms. The van der Waals surface area contributed by atoms with Crippen molar-refractivity contribution < 1.29 is 18.3 Å². The highest BCUT2D eigenvalue weighted by molar-refractivity contribution is 7.89. The van der Waals surface area contributed by atoms with Crippen molar-refractivity contribution in [2.75, 3.05) is 18.4 Å². The SMILES string of the molecule is CCN(CC)S(=O)(=O)c1ccc(O)c(NC(=O)C2(c3cccc(Cl)c3)CC2)c1. The van der Waals surface area contributed by atoms with Gasteiger partial charge >= 0.3 is 0 Å². The van der Waals surface area contributed by atoms with Crippen LogP contribution in [-0.2, 0) is 20.2 Å². The minimum atomic E-state index is -3.70. The predicted octanol–water partition coefficient (Wildman–Crippen LogP) is 3.75. The second kappa shape index (κ2) is 7.73. The zero-order valence-electron chi connectivity index (χ0n) is 15.8. The van der Waals surface area contributed by atoms with Gasteiger partial charge < -0.3 is 10.4 Å². The Morgan fingerprint density at radius 2 is 1.86 bits per heavy atom. The number of nitrogens with one attached hydrogen (secondary N) is 1. The molecule has 0 aromatic heterocycles. The van der Waals surface area contributed by atoms with Crippen molar-refractivity contribution in [1.29, 1.82) is 0 Å². The molecule has 0 saturated heterocycles. The minimum Gasteiger partial charge on any atom is -0.506 e. The van der Waals surface area contributed by atoms with E-state index < -0.39 is 15.4 Å². The molecule has 2 aromatic carbocycles. The fourth-order valence-corrected chi connectivity index (χ4v) is 4.96. The van der Waals surface area contributed by atoms with Crippen molar-refractivity contribution in [3.05, 3.63) is 53.1 Å². The van der Waals surface area contributed by atoms with E-state index in [0.717, 1.165) is 5.56 Å². The van der Waals surface area contributed by atoms with Crippen molar-refractivity contribution in [3.8, 4) is 5.75 Å². The fourth-order valence-electron chi connectivity index (χ4n) is 3.29. The third kappa shape index (κ3) is 3.74. The van der Waals surface area contributed by atoms with Crippen molar-refractivity contribution in [2.24, 2.45) is 0 Å². The van der Waals surface area contributed by atoms with Crippen LogP contribution in [0.25, 0.3) is 0 Å². The first-order valence-electron chi connectivity index (χ1n) is 9.15. The lowest BCUT2D eigenvalue weighted by molar-refractivity contribution is -0.118. The fraction of sp³-hybridized carbons (Fsp3) is 0.350. The molecule has 0 heterocycles. The zero-order chi connectivity index (χ0) is 20.5. The molecule has 8 heteroatoms. The van der Waals surface area contributed by atoms with Crippen molar-refractivity contribution in [3.63, 3.8) is 0 Å². The molecule has 1 aliphatic rings. The van der Waals surface area contributed by atoms with Crippen LogP contribution in [-0.4, -0.2) is 36.8 Å². The minimum absolute atomic E-state index is 0.0249. The van der Waals surface area contributed by atoms with Crippen LogP contribution in [0.15, 0.2) is 47.4 Å². The Bertz CT molecular complexity index is 999. The number of halogens is 1. The lowest BCUT2D eigenvalue weighted by Gasteiger charge is -2.20. The number of anilines is 1. The van der Waals surface area contributed by atoms with Gasteiger partial charge in [-0.3, -0.25) is 4.79 Å². The average molecular weight is 423 g/mol. The number of sulfonamides is 1. The van der Waals surface area contributed by atoms with Gasteiger partial charge in [0, 0.05) is 18.1 Å². The zero-order valence-corrected chi connectivity index (χ0v) is 17.3. The van der Waals surface area contributed by atoms with Gasteiger partial charge in [-0.15, -0.1) is 0 Å². The molecule has 0 spiro atoms. The van der Waals surface area contributed by atoms with Gasteiger partial charge in [0.15, 0.2) is 0 Å². The molecule has 0 atom stereocenters. The third-order valence-corrected chi connectivity index (χ3v) is 7.40. The normalized spacial score (nSPS) is 15.4. The second-order valence-electron chi connectivity index (χ2n) is 6.81. The van der Waals surface area contributed by atoms with E-state index in [4.69, 9.17) is 11.6 Å². The van der Waals surface area contributed by atoms with Crippen molar-refractivity contribution in [1.82, 2.24) is 4.31 Å². The summed E-state index contributed by atoms with van der Waals surface area (Å²) in [5, 5.41) is 13.4. The third-order valence-electron chi connectivity index (χ3n) is 5.12. The molecule has 0 radical (unpaired) electrons. The number of amides is 1. The van der Waals surface area contributed by atoms with E-state index in [-0.39, 0.29) is 22.2 Å². The van der Waals surface area contributed by atoms with Gasteiger partial charge in [-0.25, -0.2) is 8.42 Å². The number of nitrogens with zero attached hydrogens (tertiary/aromatic N) is 1. The maximum Gasteiger partial charge on any atom is 0.243 e. The lowest BCUT2D eigenvalue weighted by Crippen LogP contribution is -2.31. The van der Waals surface area contributed by atoms with Crippen LogP contribution < -0.4 is 5.32 Å². The van der Waals surface area contributed by atoms with Crippen LogP contribution in [0.4, 0.5) is 5.69 Å². The molecule has 2 N–H and O–H groups in total. The van der Waals surface area contributed by atoms with Gasteiger partial charge in [-0.05, 0) is 48.7 Å². The van der Waals surface area contributed by atoms with Crippen LogP contribution in [0.3, 0.4) is 0 Å². The Morgan fingerprint density at radius 1 is 1.18 bits per heavy atom. The van der Waals surface area contributed by atoms with E-state index in [9.17, 15) is 18.3 Å². The van der Waals surface area contributed by atoms with Gasteiger partial charge in [0.1, 0.15) is 5.75 Å². The summed E-state index contributed by atoms with van der Waals surface area (Å²) < 4.78 is 26.8. The van der Waals surface area contributed by atoms with E-state index >= 15 is 0 Å². The Labute approximate surface area is 170 Å². The molecule has 6 nitrogen and oxygen atoms in total. The van der Waals surface area contributed by atoms with Gasteiger partial charge in [-0.1, -0.05) is 37.6 Å². The van der Waals surface area contributed by atoms with E-state index in [2.05, 4.69) is 5.32 Å². The Morgan fingerprint density at radius 3 is 2.43 bits per heavy atom. The van der Waals surface area contributed by atoms with E-state index in [1.54, 1.807) is 32.0 Å². The van der Waals surface area contributed by atoms with Gasteiger partial charge in [0.05, 0.1) is 16.0 Å². The predicted molar refractivity (Wildman–Crippen MR) is 109 cm³/mol. The molecular weight excluding hydrogens is 400 g/mol. The molecule has 150 valence electrons. The maximum absolute atomic E-state index is 12.9. The quantitative estimate of drug-likeness (QED) is 0.665. The number of phenolic OH excluding ortho intramolecular Hbond substituents is 1. The molecule has 2 aromatic rings. The Balaban J connectivity index is 1.90. The summed E-state index contributed by atoms with van der Waals surface area (Å²) in [6, 6.07) is 11.1. The van der Waals surface area contributed by atoms with Crippen LogP contribution >= 0.6 is 11.6 Å². The number of aromatic hydroxyl groups is 1. The first kappa shape index (κ1) is 20.6. The number of phenols is 1. The van der Waals surface area contributed by atoms with Crippen molar-refractivity contribution in [2.45, 2.75) is 37.0 Å². The standard InChI is InChI=1S/C20H23ClN2O4S/c1-3-23(4-2)28(26,27)16-8-9-18(24)17(13-16)22-19(25)20(10-11-20)14-6-5-7-15(21)12-14/h5-9,12-13,24H,3-4,10-11H2,1-2H3,(H,22,25). The van der Waals surface area contributed by atoms with E-state index in [1.807, 2.05) is 6.07 Å². The van der Waals surface area contributed by atoms with Crippen molar-refractivity contribution >= 4 is 33.2 Å². The molecule has 1 fully saturated rings. The monoisotopic (exact) mass is 422 g/mol. The average Bonchev–Trinajstić information content (AvgIpc) is 3.46. The molecule has 1 amide bonds. The molecule has 1 aliphatic carbocycles. The number of carbonyl (C=O) groups excluding carboxylic acids is 1. The summed E-state index contributed by atoms with van der Waals surface area (Å²) in [5.74, 6) is -0.476. The topological polar surface area (TPSA) is 86.7 Å². The molecule has 0 bridgehead atoms. The summed E-state index contributed by atoms with van der Waals surface area (Å²) >= 11 is 6.05. The second-order valence-corrected chi connectivity index (χ2v) is 9.19. The van der Waals surface area contributed by atoms with Gasteiger partial charge in [0.25, 0.3) is 0 Å². The summed E-state index contributed by atoms with van der Waals surface area (Å²) in [5.41, 5.74) is 0.181. The first-order chi connectivity index (χ1) is 13.2. The lowest BCUT2D eigenvalue weighted by atomic mass is 9.95. The summed E-state index contributed by atoms with van der Waals surface area (Å²) in [7, 11) is -3.70. The molecule has 1 saturated carbocycles. The number of hydrogen-bond donors (Lipinski definition) is 2. The Hall–Kier alpha value is -2.09. The van der Waals surface area contributed by atoms with E-state index in [0.29, 0.717) is 31.0 Å². The highest BCUT2D eigenvalue weighted by Crippen LogP contribution is 2.49. The smallest absolute Gasteiger partial charge is 0.243 e. The van der Waals surface area contributed by atoms with Crippen LogP contribution in [0.2, 0.25) is 5.02 Å². The summed E-state index contributed by atoms with van der Waals surface area (Å²) in [4.78, 5) is 13.0. The molecular formula is C20H23ClN2O4S. The highest BCUT2D eigenvalue weighted by Gasteiger charge is 2.51. The van der Waals surface area contributed by atoms with Crippen LogP contribution in [0.5, 0.6) is 5.75 Å². The molecule has 0 aliphatic heterocycles. The summed E-state index contributed by atoms with van der Waals surface area (Å²) in [6.07, 6.45) is 1.33. The molecule has 3 rings (SSSR count). The highest BCUT2D eigenvalue weighted by atomic mass is 35.5. The van der Waals surface area contributed by atoms with Crippen LogP contribution in [0, 0.1) is 0 Å². The maximum atomic E-state index is 12.9. The molecule has 0 unspecified atom stereocenters. The van der Waals surface area contributed by atoms with Crippen LogP contribution in [0.1, 0.15) is 32.3 Å². The van der Waals surface area contributed by atoms with Gasteiger partial charge in [0.2, 0.25) is 15.9 Å². The van der Waals surface area contributed by atoms with Gasteiger partial charge in [-0.2, -0.15) is 4.31 Å². The summed E-state index contributed by atoms with van der Waals surface area (Å²) in [6.45, 7) is 4.18.